The Morgan fingerprint density at radius 1 is 0.875 bits per heavy atom. The predicted molar refractivity (Wildman–Crippen MR) is 97.7 cm³/mol. The highest BCUT2D eigenvalue weighted by Crippen LogP contribution is 2.33. The monoisotopic (exact) mass is 374 g/mol. The molecule has 3 nitrogen and oxygen atoms in total. The first-order chi connectivity index (χ1) is 11.5. The Morgan fingerprint density at radius 2 is 1.54 bits per heavy atom. The number of hydrogen-bond donors (Lipinski definition) is 1. The Hall–Kier alpha value is -2.25. The van der Waals surface area contributed by atoms with Crippen LogP contribution in [-0.4, -0.2) is 4.98 Å². The third-order valence-corrected chi connectivity index (χ3v) is 4.32. The second-order valence-electron chi connectivity index (χ2n) is 5.04. The first kappa shape index (κ1) is 16.6. The molecular weight excluding hydrogens is 367 g/mol. The van der Waals surface area contributed by atoms with Gasteiger partial charge in [0.25, 0.3) is 5.56 Å². The molecule has 0 amide bonds. The minimum atomic E-state index is -0.481. The average Bonchev–Trinajstić information content (AvgIpc) is 2.55. The summed E-state index contributed by atoms with van der Waals surface area (Å²) < 4.78 is 0. The summed E-state index contributed by atoms with van der Waals surface area (Å²) in [6.45, 7) is 0. The van der Waals surface area contributed by atoms with Crippen molar-refractivity contribution in [2.45, 2.75) is 0 Å². The summed E-state index contributed by atoms with van der Waals surface area (Å²) in [5.74, 6) is 0. The first-order valence-electron chi connectivity index (χ1n) is 6.88. The normalized spacial score (nSPS) is 10.4. The van der Waals surface area contributed by atoms with Crippen molar-refractivity contribution in [1.29, 1.82) is 5.26 Å². The molecule has 0 atom stereocenters. The smallest absolute Gasteiger partial charge is 0.266 e. The van der Waals surface area contributed by atoms with Crippen molar-refractivity contribution >= 4 is 34.8 Å². The molecule has 0 fully saturated rings. The van der Waals surface area contributed by atoms with E-state index in [1.54, 1.807) is 48.5 Å². The predicted octanol–water partition coefficient (Wildman–Crippen LogP) is 5.54. The van der Waals surface area contributed by atoms with Crippen molar-refractivity contribution in [1.82, 2.24) is 4.98 Å². The lowest BCUT2D eigenvalue weighted by Crippen LogP contribution is -2.12. The molecular formula is C18H9Cl3N2O. The van der Waals surface area contributed by atoms with E-state index in [-0.39, 0.29) is 5.56 Å². The van der Waals surface area contributed by atoms with Gasteiger partial charge >= 0.3 is 0 Å². The van der Waals surface area contributed by atoms with Gasteiger partial charge < -0.3 is 4.98 Å². The van der Waals surface area contributed by atoms with Crippen LogP contribution >= 0.6 is 34.8 Å². The van der Waals surface area contributed by atoms with Crippen LogP contribution in [0, 0.1) is 11.3 Å². The van der Waals surface area contributed by atoms with Crippen molar-refractivity contribution in [3.05, 3.63) is 79.5 Å². The van der Waals surface area contributed by atoms with Crippen LogP contribution in [0.25, 0.3) is 22.4 Å². The Balaban J connectivity index is 2.27. The number of aromatic amines is 1. The third-order valence-electron chi connectivity index (χ3n) is 3.52. The zero-order valence-corrected chi connectivity index (χ0v) is 14.4. The van der Waals surface area contributed by atoms with Gasteiger partial charge in [-0.2, -0.15) is 5.26 Å². The van der Waals surface area contributed by atoms with E-state index in [0.29, 0.717) is 31.9 Å². The summed E-state index contributed by atoms with van der Waals surface area (Å²) >= 11 is 18.1. The molecule has 0 bridgehead atoms. The zero-order valence-electron chi connectivity index (χ0n) is 12.1. The lowest BCUT2D eigenvalue weighted by Gasteiger charge is -2.10. The molecule has 0 saturated carbocycles. The maximum atomic E-state index is 12.3. The Labute approximate surface area is 153 Å². The fourth-order valence-corrected chi connectivity index (χ4v) is 3.01. The number of hydrogen-bond acceptors (Lipinski definition) is 2. The molecule has 3 aromatic rings. The van der Waals surface area contributed by atoms with E-state index in [2.05, 4.69) is 4.98 Å². The molecule has 2 aromatic carbocycles. The van der Waals surface area contributed by atoms with Crippen molar-refractivity contribution < 1.29 is 0 Å². The Morgan fingerprint density at radius 3 is 2.17 bits per heavy atom. The van der Waals surface area contributed by atoms with Gasteiger partial charge in [0.2, 0.25) is 0 Å². The van der Waals surface area contributed by atoms with Crippen LogP contribution in [0.2, 0.25) is 15.1 Å². The molecule has 1 aromatic heterocycles. The van der Waals surface area contributed by atoms with Crippen LogP contribution in [0.3, 0.4) is 0 Å². The van der Waals surface area contributed by atoms with Gasteiger partial charge in [-0.3, -0.25) is 4.79 Å². The zero-order chi connectivity index (χ0) is 17.3. The summed E-state index contributed by atoms with van der Waals surface area (Å²) in [7, 11) is 0. The number of nitrogens with zero attached hydrogens (tertiary/aromatic N) is 1. The second-order valence-corrected chi connectivity index (χ2v) is 6.32. The number of H-pyrrole nitrogens is 1. The summed E-state index contributed by atoms with van der Waals surface area (Å²) in [5.41, 5.74) is 1.87. The van der Waals surface area contributed by atoms with E-state index >= 15 is 0 Å². The van der Waals surface area contributed by atoms with Gasteiger partial charge in [0.1, 0.15) is 11.6 Å². The van der Waals surface area contributed by atoms with Crippen LogP contribution in [0.5, 0.6) is 0 Å². The molecule has 0 aliphatic rings. The van der Waals surface area contributed by atoms with Crippen LogP contribution < -0.4 is 5.56 Å². The Kier molecular flexibility index (Phi) is 4.64. The van der Waals surface area contributed by atoms with Gasteiger partial charge in [0.15, 0.2) is 0 Å². The fraction of sp³-hybridized carbons (Fsp3) is 0. The molecule has 1 N–H and O–H groups in total. The lowest BCUT2D eigenvalue weighted by molar-refractivity contribution is 1.22. The SMILES string of the molecule is N#Cc1c(-c2ccc(Cl)cc2Cl)cc(-c2ccc(Cl)cc2)[nH]c1=O. The maximum absolute atomic E-state index is 12.3. The van der Waals surface area contributed by atoms with Crippen LogP contribution in [0.4, 0.5) is 0 Å². The Bertz CT molecular complexity index is 1020. The van der Waals surface area contributed by atoms with Gasteiger partial charge in [-0.15, -0.1) is 0 Å². The quantitative estimate of drug-likeness (QED) is 0.639. The molecule has 0 saturated heterocycles. The van der Waals surface area contributed by atoms with E-state index in [1.807, 2.05) is 6.07 Å². The molecule has 6 heteroatoms. The molecule has 0 radical (unpaired) electrons. The number of rotatable bonds is 2. The molecule has 0 unspecified atom stereocenters. The van der Waals surface area contributed by atoms with Crippen LogP contribution in [0.15, 0.2) is 53.3 Å². The van der Waals surface area contributed by atoms with Gasteiger partial charge in [0.05, 0.1) is 0 Å². The van der Waals surface area contributed by atoms with Crippen molar-refractivity contribution in [3.63, 3.8) is 0 Å². The van der Waals surface area contributed by atoms with E-state index in [9.17, 15) is 10.1 Å². The average molecular weight is 376 g/mol. The minimum Gasteiger partial charge on any atom is -0.321 e. The second kappa shape index (κ2) is 6.70. The number of pyridine rings is 1. The lowest BCUT2D eigenvalue weighted by atomic mass is 9.99. The van der Waals surface area contributed by atoms with Gasteiger partial charge in [-0.25, -0.2) is 0 Å². The minimum absolute atomic E-state index is 0.00284. The van der Waals surface area contributed by atoms with E-state index < -0.39 is 5.56 Å². The summed E-state index contributed by atoms with van der Waals surface area (Å²) in [6.07, 6.45) is 0. The van der Waals surface area contributed by atoms with Crippen LogP contribution in [-0.2, 0) is 0 Å². The molecule has 24 heavy (non-hydrogen) atoms. The standard InChI is InChI=1S/C18H9Cl3N2O/c19-11-3-1-10(2-4-11)17-8-14(15(9-22)18(24)23-17)13-6-5-12(20)7-16(13)21/h1-8H,(H,23,24). The maximum Gasteiger partial charge on any atom is 0.266 e. The summed E-state index contributed by atoms with van der Waals surface area (Å²) in [6, 6.07) is 15.6. The van der Waals surface area contributed by atoms with Crippen molar-refractivity contribution in [2.24, 2.45) is 0 Å². The van der Waals surface area contributed by atoms with Crippen molar-refractivity contribution in [2.75, 3.05) is 0 Å². The largest absolute Gasteiger partial charge is 0.321 e. The topological polar surface area (TPSA) is 56.6 Å². The van der Waals surface area contributed by atoms with E-state index in [4.69, 9.17) is 34.8 Å². The number of benzene rings is 2. The van der Waals surface area contributed by atoms with Crippen LogP contribution in [0.1, 0.15) is 5.56 Å². The molecule has 0 aliphatic carbocycles. The van der Waals surface area contributed by atoms with Gasteiger partial charge in [-0.05, 0) is 35.9 Å². The number of halogens is 3. The van der Waals surface area contributed by atoms with Crippen molar-refractivity contribution in [3.8, 4) is 28.5 Å². The summed E-state index contributed by atoms with van der Waals surface area (Å²) in [4.78, 5) is 15.0. The third kappa shape index (κ3) is 3.18. The molecule has 3 rings (SSSR count). The van der Waals surface area contributed by atoms with E-state index in [1.165, 1.54) is 0 Å². The molecule has 0 aliphatic heterocycles. The van der Waals surface area contributed by atoms with Gasteiger partial charge in [0, 0.05) is 31.9 Å². The summed E-state index contributed by atoms with van der Waals surface area (Å²) in [5, 5.41) is 10.8. The number of aromatic nitrogens is 1. The fourth-order valence-electron chi connectivity index (χ4n) is 2.38. The highest BCUT2D eigenvalue weighted by Gasteiger charge is 2.15. The highest BCUT2D eigenvalue weighted by atomic mass is 35.5. The molecule has 0 spiro atoms. The molecule has 1 heterocycles. The number of nitriles is 1. The number of nitrogens with one attached hydrogen (secondary N) is 1. The first-order valence-corrected chi connectivity index (χ1v) is 8.02. The van der Waals surface area contributed by atoms with E-state index in [0.717, 1.165) is 5.56 Å². The molecule has 118 valence electrons. The highest BCUT2D eigenvalue weighted by molar-refractivity contribution is 6.36. The van der Waals surface area contributed by atoms with Gasteiger partial charge in [-0.1, -0.05) is 53.0 Å².